The maximum absolute atomic E-state index is 14.1. The van der Waals surface area contributed by atoms with Gasteiger partial charge in [0.25, 0.3) is 11.8 Å². The van der Waals surface area contributed by atoms with E-state index in [-0.39, 0.29) is 42.8 Å². The van der Waals surface area contributed by atoms with Gasteiger partial charge in [-0.1, -0.05) is 26.0 Å². The lowest BCUT2D eigenvalue weighted by molar-refractivity contribution is -0.128. The number of furan rings is 1. The highest BCUT2D eigenvalue weighted by Gasteiger charge is 2.54. The number of halogens is 1. The summed E-state index contributed by atoms with van der Waals surface area (Å²) in [7, 11) is 0. The van der Waals surface area contributed by atoms with Crippen molar-refractivity contribution in [2.45, 2.75) is 38.5 Å². The lowest BCUT2D eigenvalue weighted by Gasteiger charge is -2.44. The minimum Gasteiger partial charge on any atom is -0.459 e. The van der Waals surface area contributed by atoms with E-state index in [1.807, 2.05) is 13.8 Å². The number of hydrogen-bond acceptors (Lipinski definition) is 5. The van der Waals surface area contributed by atoms with Crippen molar-refractivity contribution in [1.82, 2.24) is 15.1 Å². The molecule has 2 aliphatic heterocycles. The van der Waals surface area contributed by atoms with Gasteiger partial charge < -0.3 is 19.4 Å². The second-order valence-corrected chi connectivity index (χ2v) is 8.84. The molecule has 1 aromatic heterocycles. The first kappa shape index (κ1) is 23.0. The highest BCUT2D eigenvalue weighted by Crippen LogP contribution is 2.39. The third-order valence-electron chi connectivity index (χ3n) is 6.13. The van der Waals surface area contributed by atoms with E-state index in [2.05, 4.69) is 5.32 Å². The number of ether oxygens (including phenoxy) is 1. The zero-order valence-electron chi connectivity index (χ0n) is 18.8. The van der Waals surface area contributed by atoms with Crippen LogP contribution in [0.5, 0.6) is 0 Å². The number of piperidine rings is 1. The van der Waals surface area contributed by atoms with Gasteiger partial charge in [-0.2, -0.15) is 0 Å². The van der Waals surface area contributed by atoms with E-state index >= 15 is 0 Å². The molecule has 1 spiro atoms. The Morgan fingerprint density at radius 1 is 1.12 bits per heavy atom. The van der Waals surface area contributed by atoms with Crippen LogP contribution in [-0.2, 0) is 9.53 Å². The van der Waals surface area contributed by atoms with Crippen LogP contribution in [0.25, 0.3) is 0 Å². The molecular formula is C24H28FN3O5. The summed E-state index contributed by atoms with van der Waals surface area (Å²) in [5.74, 6) is -1.33. The molecule has 0 saturated carbocycles. The molecule has 8 nitrogen and oxygen atoms in total. The van der Waals surface area contributed by atoms with Gasteiger partial charge in [-0.25, -0.2) is 4.39 Å². The van der Waals surface area contributed by atoms with Crippen LogP contribution in [0.15, 0.2) is 47.1 Å². The molecule has 2 saturated heterocycles. The number of nitrogens with one attached hydrogen (secondary N) is 1. The molecule has 1 unspecified atom stereocenters. The smallest absolute Gasteiger partial charge is 0.292 e. The van der Waals surface area contributed by atoms with Crippen molar-refractivity contribution < 1.29 is 27.9 Å². The molecule has 33 heavy (non-hydrogen) atoms. The highest BCUT2D eigenvalue weighted by molar-refractivity contribution is 5.97. The van der Waals surface area contributed by atoms with Crippen molar-refractivity contribution in [3.8, 4) is 0 Å². The molecule has 0 aliphatic carbocycles. The summed E-state index contributed by atoms with van der Waals surface area (Å²) < 4.78 is 25.5. The Labute approximate surface area is 191 Å². The molecule has 1 atom stereocenters. The first-order valence-corrected chi connectivity index (χ1v) is 11.1. The number of nitrogens with zero attached hydrogens (tertiary/aromatic N) is 2. The SMILES string of the molecule is CC(C)CNC(=O)C1COC2(CCN(C(=O)c3ccccc3F)CC2)N1C(=O)c1ccco1. The minimum absolute atomic E-state index is 0.00949. The number of carbonyl (C=O) groups is 3. The molecule has 0 bridgehead atoms. The standard InChI is InChI=1S/C24H28FN3O5/c1-16(2)14-26-21(29)19-15-33-24(28(19)23(31)20-8-5-13-32-20)9-11-27(12-10-24)22(30)17-6-3-4-7-18(17)25/h3-8,13,16,19H,9-12,14-15H2,1-2H3,(H,26,29). The fraction of sp³-hybridized carbons (Fsp3) is 0.458. The monoisotopic (exact) mass is 457 g/mol. The van der Waals surface area contributed by atoms with Gasteiger partial charge in [-0.05, 0) is 30.2 Å². The minimum atomic E-state index is -1.05. The summed E-state index contributed by atoms with van der Waals surface area (Å²) in [6, 6.07) is 8.21. The molecule has 1 N–H and O–H groups in total. The van der Waals surface area contributed by atoms with Gasteiger partial charge in [0.05, 0.1) is 18.4 Å². The summed E-state index contributed by atoms with van der Waals surface area (Å²) >= 11 is 0. The predicted octanol–water partition coefficient (Wildman–Crippen LogP) is 2.66. The second-order valence-electron chi connectivity index (χ2n) is 8.84. The van der Waals surface area contributed by atoms with Crippen LogP contribution in [0.2, 0.25) is 0 Å². The van der Waals surface area contributed by atoms with Crippen LogP contribution >= 0.6 is 0 Å². The normalized spacial score (nSPS) is 19.8. The predicted molar refractivity (Wildman–Crippen MR) is 117 cm³/mol. The van der Waals surface area contributed by atoms with Crippen molar-refractivity contribution in [2.24, 2.45) is 5.92 Å². The summed E-state index contributed by atoms with van der Waals surface area (Å²) in [6.45, 7) is 5.03. The number of benzene rings is 1. The van der Waals surface area contributed by atoms with E-state index in [1.54, 1.807) is 23.1 Å². The lowest BCUT2D eigenvalue weighted by Crippen LogP contribution is -2.60. The Morgan fingerprint density at radius 3 is 2.48 bits per heavy atom. The van der Waals surface area contributed by atoms with E-state index < -0.39 is 29.4 Å². The van der Waals surface area contributed by atoms with E-state index in [9.17, 15) is 18.8 Å². The topological polar surface area (TPSA) is 92.1 Å². The summed E-state index contributed by atoms with van der Waals surface area (Å²) in [5, 5.41) is 2.88. The molecular weight excluding hydrogens is 429 g/mol. The van der Waals surface area contributed by atoms with Crippen LogP contribution in [0.3, 0.4) is 0 Å². The zero-order valence-corrected chi connectivity index (χ0v) is 18.8. The van der Waals surface area contributed by atoms with E-state index in [1.165, 1.54) is 29.4 Å². The molecule has 3 heterocycles. The van der Waals surface area contributed by atoms with Crippen LogP contribution < -0.4 is 5.32 Å². The largest absolute Gasteiger partial charge is 0.459 e. The average molecular weight is 458 g/mol. The van der Waals surface area contributed by atoms with Crippen LogP contribution in [0, 0.1) is 11.7 Å². The summed E-state index contributed by atoms with van der Waals surface area (Å²) in [4.78, 5) is 42.1. The van der Waals surface area contributed by atoms with Gasteiger partial charge in [-0.3, -0.25) is 19.3 Å². The Hall–Kier alpha value is -3.20. The molecule has 4 rings (SSSR count). The molecule has 0 radical (unpaired) electrons. The molecule has 2 fully saturated rings. The summed E-state index contributed by atoms with van der Waals surface area (Å²) in [6.07, 6.45) is 2.00. The maximum atomic E-state index is 14.1. The Kier molecular flexibility index (Phi) is 6.51. The van der Waals surface area contributed by atoms with Gasteiger partial charge in [-0.15, -0.1) is 0 Å². The van der Waals surface area contributed by atoms with Crippen LogP contribution in [-0.4, -0.2) is 65.5 Å². The molecule has 1 aromatic carbocycles. The van der Waals surface area contributed by atoms with Gasteiger partial charge in [0.15, 0.2) is 5.76 Å². The number of amides is 3. The molecule has 3 amide bonds. The molecule has 9 heteroatoms. The van der Waals surface area contributed by atoms with Crippen molar-refractivity contribution in [3.63, 3.8) is 0 Å². The highest BCUT2D eigenvalue weighted by atomic mass is 19.1. The Balaban J connectivity index is 1.54. The Bertz CT molecular complexity index is 1010. The number of hydrogen-bond donors (Lipinski definition) is 1. The van der Waals surface area contributed by atoms with Gasteiger partial charge in [0.2, 0.25) is 5.91 Å². The van der Waals surface area contributed by atoms with Gasteiger partial charge in [0.1, 0.15) is 17.6 Å². The molecule has 176 valence electrons. The lowest BCUT2D eigenvalue weighted by atomic mass is 9.96. The van der Waals surface area contributed by atoms with Crippen LogP contribution in [0.1, 0.15) is 47.6 Å². The average Bonchev–Trinajstić information content (AvgIpc) is 3.46. The molecule has 2 aliphatic rings. The fourth-order valence-corrected chi connectivity index (χ4v) is 4.37. The number of carbonyl (C=O) groups excluding carboxylic acids is 3. The van der Waals surface area contributed by atoms with E-state index in [0.29, 0.717) is 19.4 Å². The van der Waals surface area contributed by atoms with Gasteiger partial charge >= 0.3 is 0 Å². The van der Waals surface area contributed by atoms with Crippen molar-refractivity contribution in [2.75, 3.05) is 26.2 Å². The third-order valence-corrected chi connectivity index (χ3v) is 6.13. The summed E-state index contributed by atoms with van der Waals surface area (Å²) in [5.41, 5.74) is -1.04. The fourth-order valence-electron chi connectivity index (χ4n) is 4.37. The zero-order chi connectivity index (χ0) is 23.6. The van der Waals surface area contributed by atoms with Crippen molar-refractivity contribution in [3.05, 3.63) is 59.8 Å². The number of rotatable bonds is 5. The number of likely N-dealkylation sites (tertiary alicyclic amines) is 1. The Morgan fingerprint density at radius 2 is 1.85 bits per heavy atom. The quantitative estimate of drug-likeness (QED) is 0.745. The maximum Gasteiger partial charge on any atom is 0.292 e. The second kappa shape index (κ2) is 9.35. The van der Waals surface area contributed by atoms with Gasteiger partial charge in [0, 0.05) is 32.5 Å². The first-order chi connectivity index (χ1) is 15.8. The van der Waals surface area contributed by atoms with E-state index in [4.69, 9.17) is 9.15 Å². The third kappa shape index (κ3) is 4.50. The van der Waals surface area contributed by atoms with Crippen molar-refractivity contribution in [1.29, 1.82) is 0 Å². The molecule has 2 aromatic rings. The van der Waals surface area contributed by atoms with Crippen LogP contribution in [0.4, 0.5) is 4.39 Å². The van der Waals surface area contributed by atoms with Crippen molar-refractivity contribution >= 4 is 17.7 Å². The first-order valence-electron chi connectivity index (χ1n) is 11.1. The van der Waals surface area contributed by atoms with E-state index in [0.717, 1.165) is 0 Å².